The topological polar surface area (TPSA) is 32.8 Å². The van der Waals surface area contributed by atoms with E-state index in [1.54, 1.807) is 19.2 Å². The van der Waals surface area contributed by atoms with Gasteiger partial charge in [0.25, 0.3) is 0 Å². The molecule has 1 aliphatic rings. The lowest BCUT2D eigenvalue weighted by Gasteiger charge is -2.34. The molecule has 0 bridgehead atoms. The number of halogens is 1. The molecule has 0 saturated carbocycles. The highest BCUT2D eigenvalue weighted by Gasteiger charge is 2.20. The number of piperazine rings is 1. The molecule has 0 N–H and O–H groups in total. The fourth-order valence-electron chi connectivity index (χ4n) is 2.91. The Kier molecular flexibility index (Phi) is 7.49. The number of methoxy groups -OCH3 is 1. The van der Waals surface area contributed by atoms with Gasteiger partial charge >= 0.3 is 0 Å². The highest BCUT2D eigenvalue weighted by atomic mass is 19.1. The molecule has 0 unspecified atom stereocenters. The number of nitrogens with zero attached hydrogens (tertiary/aromatic N) is 2. The maximum atomic E-state index is 13.2. The normalized spacial score (nSPS) is 15.8. The molecule has 2 rings (SSSR count). The molecule has 1 saturated heterocycles. The third-order valence-electron chi connectivity index (χ3n) is 4.26. The van der Waals surface area contributed by atoms with Crippen molar-refractivity contribution in [3.8, 4) is 0 Å². The van der Waals surface area contributed by atoms with Gasteiger partial charge in [0.1, 0.15) is 5.82 Å². The monoisotopic (exact) mass is 322 g/mol. The standard InChI is InChI=1S/C18H27FN2O2/c1-23-13-4-2-3-8-18(22)21-11-9-20(10-12-21)15-16-6-5-7-17(19)14-16/h5-7,14H,2-4,8-13,15H2,1H3. The first-order valence-corrected chi connectivity index (χ1v) is 8.42. The van der Waals surface area contributed by atoms with E-state index in [0.29, 0.717) is 6.42 Å². The number of hydrogen-bond acceptors (Lipinski definition) is 3. The molecule has 0 spiro atoms. The van der Waals surface area contributed by atoms with Crippen molar-refractivity contribution in [2.75, 3.05) is 39.9 Å². The molecule has 0 radical (unpaired) electrons. The van der Waals surface area contributed by atoms with E-state index in [9.17, 15) is 9.18 Å². The molecule has 5 heteroatoms. The molecular formula is C18H27FN2O2. The molecular weight excluding hydrogens is 295 g/mol. The molecule has 0 atom stereocenters. The van der Waals surface area contributed by atoms with Gasteiger partial charge in [-0.05, 0) is 30.5 Å². The van der Waals surface area contributed by atoms with Crippen LogP contribution in [-0.2, 0) is 16.1 Å². The van der Waals surface area contributed by atoms with Crippen LogP contribution in [0.4, 0.5) is 4.39 Å². The molecule has 1 aromatic carbocycles. The minimum Gasteiger partial charge on any atom is -0.385 e. The lowest BCUT2D eigenvalue weighted by atomic mass is 10.1. The lowest BCUT2D eigenvalue weighted by molar-refractivity contribution is -0.133. The highest BCUT2D eigenvalue weighted by Crippen LogP contribution is 2.12. The fraction of sp³-hybridized carbons (Fsp3) is 0.611. The summed E-state index contributed by atoms with van der Waals surface area (Å²) in [6, 6.07) is 6.74. The van der Waals surface area contributed by atoms with Gasteiger partial charge in [-0.3, -0.25) is 9.69 Å². The zero-order valence-corrected chi connectivity index (χ0v) is 14.0. The summed E-state index contributed by atoms with van der Waals surface area (Å²) < 4.78 is 18.2. The van der Waals surface area contributed by atoms with Crippen molar-refractivity contribution in [2.45, 2.75) is 32.2 Å². The first-order valence-electron chi connectivity index (χ1n) is 8.42. The summed E-state index contributed by atoms with van der Waals surface area (Å²) in [5.74, 6) is 0.0672. The molecule has 0 aliphatic carbocycles. The Bertz CT molecular complexity index is 488. The predicted octanol–water partition coefficient (Wildman–Crippen LogP) is 2.68. The number of benzene rings is 1. The van der Waals surface area contributed by atoms with Crippen LogP contribution >= 0.6 is 0 Å². The summed E-state index contributed by atoms with van der Waals surface area (Å²) in [7, 11) is 1.70. The SMILES string of the molecule is COCCCCCC(=O)N1CCN(Cc2cccc(F)c2)CC1. The van der Waals surface area contributed by atoms with E-state index in [2.05, 4.69) is 4.90 Å². The first kappa shape index (κ1) is 17.9. The molecule has 1 aromatic rings. The van der Waals surface area contributed by atoms with E-state index in [1.807, 2.05) is 11.0 Å². The summed E-state index contributed by atoms with van der Waals surface area (Å²) in [6.45, 7) is 4.76. The minimum atomic E-state index is -0.190. The van der Waals surface area contributed by atoms with Gasteiger partial charge in [0.05, 0.1) is 0 Å². The zero-order valence-electron chi connectivity index (χ0n) is 14.0. The van der Waals surface area contributed by atoms with E-state index in [1.165, 1.54) is 6.07 Å². The Balaban J connectivity index is 1.66. The van der Waals surface area contributed by atoms with Crippen molar-refractivity contribution in [2.24, 2.45) is 0 Å². The molecule has 128 valence electrons. The summed E-state index contributed by atoms with van der Waals surface area (Å²) in [4.78, 5) is 16.4. The Labute approximate surface area is 138 Å². The van der Waals surface area contributed by atoms with E-state index < -0.39 is 0 Å². The zero-order chi connectivity index (χ0) is 16.5. The summed E-state index contributed by atoms with van der Waals surface area (Å²) in [5.41, 5.74) is 0.989. The highest BCUT2D eigenvalue weighted by molar-refractivity contribution is 5.76. The van der Waals surface area contributed by atoms with Gasteiger partial charge in [0.2, 0.25) is 5.91 Å². The number of carbonyl (C=O) groups excluding carboxylic acids is 1. The molecule has 1 fully saturated rings. The number of unbranched alkanes of at least 4 members (excludes halogenated alkanes) is 2. The van der Waals surface area contributed by atoms with Crippen molar-refractivity contribution in [3.63, 3.8) is 0 Å². The van der Waals surface area contributed by atoms with Crippen molar-refractivity contribution < 1.29 is 13.9 Å². The molecule has 1 amide bonds. The van der Waals surface area contributed by atoms with Crippen LogP contribution in [0.2, 0.25) is 0 Å². The van der Waals surface area contributed by atoms with E-state index >= 15 is 0 Å². The maximum Gasteiger partial charge on any atom is 0.222 e. The molecule has 1 heterocycles. The number of carbonyl (C=O) groups is 1. The van der Waals surface area contributed by atoms with E-state index in [4.69, 9.17) is 4.74 Å². The van der Waals surface area contributed by atoms with E-state index in [0.717, 1.165) is 64.2 Å². The van der Waals surface area contributed by atoms with Crippen LogP contribution in [-0.4, -0.2) is 55.6 Å². The van der Waals surface area contributed by atoms with Crippen LogP contribution in [0.25, 0.3) is 0 Å². The average molecular weight is 322 g/mol. The van der Waals surface area contributed by atoms with Crippen LogP contribution in [0.3, 0.4) is 0 Å². The fourth-order valence-corrected chi connectivity index (χ4v) is 2.91. The van der Waals surface area contributed by atoms with Gasteiger partial charge in [-0.2, -0.15) is 0 Å². The predicted molar refractivity (Wildman–Crippen MR) is 88.6 cm³/mol. The second-order valence-electron chi connectivity index (χ2n) is 6.09. The first-order chi connectivity index (χ1) is 11.2. The largest absolute Gasteiger partial charge is 0.385 e. The Morgan fingerprint density at radius 2 is 1.96 bits per heavy atom. The van der Waals surface area contributed by atoms with Crippen molar-refractivity contribution in [1.29, 1.82) is 0 Å². The third kappa shape index (κ3) is 6.28. The molecule has 4 nitrogen and oxygen atoms in total. The number of rotatable bonds is 8. The summed E-state index contributed by atoms with van der Waals surface area (Å²) in [5, 5.41) is 0. The van der Waals surface area contributed by atoms with Crippen LogP contribution < -0.4 is 0 Å². The van der Waals surface area contributed by atoms with Crippen LogP contribution in [0.1, 0.15) is 31.2 Å². The number of amides is 1. The number of ether oxygens (including phenoxy) is 1. The molecule has 1 aliphatic heterocycles. The van der Waals surface area contributed by atoms with E-state index in [-0.39, 0.29) is 11.7 Å². The summed E-state index contributed by atoms with van der Waals surface area (Å²) in [6.07, 6.45) is 3.63. The van der Waals surface area contributed by atoms with Crippen LogP contribution in [0, 0.1) is 5.82 Å². The maximum absolute atomic E-state index is 13.2. The molecule has 23 heavy (non-hydrogen) atoms. The van der Waals surface area contributed by atoms with Crippen LogP contribution in [0.5, 0.6) is 0 Å². The van der Waals surface area contributed by atoms with Gasteiger partial charge in [-0.15, -0.1) is 0 Å². The Hall–Kier alpha value is -1.46. The summed E-state index contributed by atoms with van der Waals surface area (Å²) >= 11 is 0. The minimum absolute atomic E-state index is 0.190. The van der Waals surface area contributed by atoms with Gasteiger partial charge in [0, 0.05) is 52.9 Å². The van der Waals surface area contributed by atoms with Gasteiger partial charge in [0.15, 0.2) is 0 Å². The molecule has 0 aromatic heterocycles. The lowest BCUT2D eigenvalue weighted by Crippen LogP contribution is -2.48. The second-order valence-corrected chi connectivity index (χ2v) is 6.09. The van der Waals surface area contributed by atoms with Gasteiger partial charge < -0.3 is 9.64 Å². The number of hydrogen-bond donors (Lipinski definition) is 0. The van der Waals surface area contributed by atoms with Gasteiger partial charge in [-0.1, -0.05) is 18.6 Å². The average Bonchev–Trinajstić information content (AvgIpc) is 2.55. The van der Waals surface area contributed by atoms with Crippen molar-refractivity contribution >= 4 is 5.91 Å². The van der Waals surface area contributed by atoms with Crippen molar-refractivity contribution in [1.82, 2.24) is 9.80 Å². The smallest absolute Gasteiger partial charge is 0.222 e. The Morgan fingerprint density at radius 1 is 1.17 bits per heavy atom. The quantitative estimate of drug-likeness (QED) is 0.690. The third-order valence-corrected chi connectivity index (χ3v) is 4.26. The van der Waals surface area contributed by atoms with Gasteiger partial charge in [-0.25, -0.2) is 4.39 Å². The second kappa shape index (κ2) is 9.63. The van der Waals surface area contributed by atoms with Crippen LogP contribution in [0.15, 0.2) is 24.3 Å². The Morgan fingerprint density at radius 3 is 2.65 bits per heavy atom. The van der Waals surface area contributed by atoms with Crippen molar-refractivity contribution in [3.05, 3.63) is 35.6 Å².